The van der Waals surface area contributed by atoms with Crippen LogP contribution in [0.25, 0.3) is 0 Å². The fourth-order valence-corrected chi connectivity index (χ4v) is 2.72. The summed E-state index contributed by atoms with van der Waals surface area (Å²) in [6.07, 6.45) is 3.58. The molecule has 0 bridgehead atoms. The number of aryl methyl sites for hydroxylation is 2. The Hall–Kier alpha value is -1.28. The van der Waals surface area contributed by atoms with Gasteiger partial charge in [-0.2, -0.15) is 0 Å². The molecule has 0 radical (unpaired) electrons. The lowest BCUT2D eigenvalue weighted by Crippen LogP contribution is -2.02. The van der Waals surface area contributed by atoms with Gasteiger partial charge in [-0.15, -0.1) is 0 Å². The van der Waals surface area contributed by atoms with E-state index in [1.807, 2.05) is 0 Å². The minimum atomic E-state index is 1.02. The molecule has 2 aromatic rings. The molecule has 0 amide bonds. The third-order valence-corrected chi connectivity index (χ3v) is 3.83. The van der Waals surface area contributed by atoms with Crippen LogP contribution in [0.15, 0.2) is 53.0 Å². The summed E-state index contributed by atoms with van der Waals surface area (Å²) in [4.78, 5) is 0. The number of hydrogen-bond acceptors (Lipinski definition) is 1. The Morgan fingerprint density at radius 3 is 2.53 bits per heavy atom. The average molecular weight is 318 g/mol. The standard InChI is InChI=1S/C17H20BrN/c1-14-10-11-17(16(18)13-14)19-12-6-5-9-15-7-3-2-4-8-15/h2-4,7-8,10-11,13,19H,5-6,9,12H2,1H3. The number of halogens is 1. The van der Waals surface area contributed by atoms with E-state index in [-0.39, 0.29) is 0 Å². The molecule has 2 rings (SSSR count). The maximum Gasteiger partial charge on any atom is 0.0484 e. The molecule has 0 aliphatic rings. The van der Waals surface area contributed by atoms with Crippen molar-refractivity contribution >= 4 is 21.6 Å². The molecule has 0 heterocycles. The van der Waals surface area contributed by atoms with Crippen molar-refractivity contribution in [3.63, 3.8) is 0 Å². The van der Waals surface area contributed by atoms with Gasteiger partial charge in [0, 0.05) is 16.7 Å². The smallest absolute Gasteiger partial charge is 0.0484 e. The second kappa shape index (κ2) is 7.34. The number of rotatable bonds is 6. The molecule has 0 saturated heterocycles. The molecular formula is C17H20BrN. The molecule has 1 nitrogen and oxygen atoms in total. The lowest BCUT2D eigenvalue weighted by atomic mass is 10.1. The Balaban J connectivity index is 1.69. The van der Waals surface area contributed by atoms with Gasteiger partial charge >= 0.3 is 0 Å². The summed E-state index contributed by atoms with van der Waals surface area (Å²) in [5.41, 5.74) is 3.89. The first-order valence-electron chi connectivity index (χ1n) is 6.79. The van der Waals surface area contributed by atoms with Gasteiger partial charge in [-0.1, -0.05) is 36.4 Å². The SMILES string of the molecule is Cc1ccc(NCCCCc2ccccc2)c(Br)c1. The molecule has 19 heavy (non-hydrogen) atoms. The Labute approximate surface area is 124 Å². The maximum atomic E-state index is 3.59. The topological polar surface area (TPSA) is 12.0 Å². The predicted octanol–water partition coefficient (Wildman–Crippen LogP) is 5.19. The van der Waals surface area contributed by atoms with Crippen LogP contribution in [0.4, 0.5) is 5.69 Å². The van der Waals surface area contributed by atoms with E-state index in [2.05, 4.69) is 76.7 Å². The molecule has 0 spiro atoms. The Bertz CT molecular complexity index is 508. The molecular weight excluding hydrogens is 298 g/mol. The fourth-order valence-electron chi connectivity index (χ4n) is 2.09. The van der Waals surface area contributed by atoms with Crippen LogP contribution in [0.3, 0.4) is 0 Å². The summed E-state index contributed by atoms with van der Waals surface area (Å²) in [6.45, 7) is 3.13. The van der Waals surface area contributed by atoms with Crippen LogP contribution >= 0.6 is 15.9 Å². The van der Waals surface area contributed by atoms with Gasteiger partial charge in [0.15, 0.2) is 0 Å². The van der Waals surface area contributed by atoms with Crippen LogP contribution in [0, 0.1) is 6.92 Å². The van der Waals surface area contributed by atoms with Crippen molar-refractivity contribution in [3.05, 3.63) is 64.1 Å². The third-order valence-electron chi connectivity index (χ3n) is 3.18. The summed E-state index contributed by atoms with van der Waals surface area (Å²) < 4.78 is 1.15. The molecule has 0 fully saturated rings. The summed E-state index contributed by atoms with van der Waals surface area (Å²) >= 11 is 3.59. The zero-order valence-corrected chi connectivity index (χ0v) is 12.9. The number of benzene rings is 2. The van der Waals surface area contributed by atoms with Gasteiger partial charge in [0.2, 0.25) is 0 Å². The van der Waals surface area contributed by atoms with E-state index < -0.39 is 0 Å². The molecule has 0 saturated carbocycles. The monoisotopic (exact) mass is 317 g/mol. The van der Waals surface area contributed by atoms with Crippen molar-refractivity contribution in [2.24, 2.45) is 0 Å². The Morgan fingerprint density at radius 2 is 1.79 bits per heavy atom. The van der Waals surface area contributed by atoms with E-state index in [4.69, 9.17) is 0 Å². The first-order chi connectivity index (χ1) is 9.25. The summed E-state index contributed by atoms with van der Waals surface area (Å²) in [6, 6.07) is 17.1. The van der Waals surface area contributed by atoms with E-state index in [1.165, 1.54) is 29.7 Å². The normalized spacial score (nSPS) is 10.4. The quantitative estimate of drug-likeness (QED) is 0.723. The van der Waals surface area contributed by atoms with E-state index in [1.54, 1.807) is 0 Å². The van der Waals surface area contributed by atoms with Crippen LogP contribution < -0.4 is 5.32 Å². The van der Waals surface area contributed by atoms with Gasteiger partial charge in [-0.3, -0.25) is 0 Å². The summed E-state index contributed by atoms with van der Waals surface area (Å²) in [5, 5.41) is 3.48. The zero-order valence-electron chi connectivity index (χ0n) is 11.3. The number of nitrogens with one attached hydrogen (secondary N) is 1. The molecule has 1 N–H and O–H groups in total. The highest BCUT2D eigenvalue weighted by Crippen LogP contribution is 2.23. The van der Waals surface area contributed by atoms with Gasteiger partial charge < -0.3 is 5.32 Å². The van der Waals surface area contributed by atoms with Gasteiger partial charge in [0.05, 0.1) is 0 Å². The van der Waals surface area contributed by atoms with E-state index in [0.29, 0.717) is 0 Å². The molecule has 0 atom stereocenters. The van der Waals surface area contributed by atoms with Crippen molar-refractivity contribution in [1.29, 1.82) is 0 Å². The minimum absolute atomic E-state index is 1.02. The van der Waals surface area contributed by atoms with Crippen molar-refractivity contribution in [1.82, 2.24) is 0 Å². The first kappa shape index (κ1) is 14.1. The maximum absolute atomic E-state index is 3.59. The van der Waals surface area contributed by atoms with Crippen molar-refractivity contribution in [3.8, 4) is 0 Å². The number of anilines is 1. The van der Waals surface area contributed by atoms with Crippen molar-refractivity contribution in [2.75, 3.05) is 11.9 Å². The number of unbranched alkanes of at least 4 members (excludes halogenated alkanes) is 1. The van der Waals surface area contributed by atoms with Gasteiger partial charge in [-0.25, -0.2) is 0 Å². The summed E-state index contributed by atoms with van der Waals surface area (Å²) in [5.74, 6) is 0. The van der Waals surface area contributed by atoms with Gasteiger partial charge in [0.1, 0.15) is 0 Å². The van der Waals surface area contributed by atoms with Gasteiger partial charge in [-0.05, 0) is 65.4 Å². The Kier molecular flexibility index (Phi) is 5.46. The van der Waals surface area contributed by atoms with Crippen molar-refractivity contribution in [2.45, 2.75) is 26.2 Å². The largest absolute Gasteiger partial charge is 0.384 e. The molecule has 0 unspecified atom stereocenters. The highest BCUT2D eigenvalue weighted by atomic mass is 79.9. The zero-order chi connectivity index (χ0) is 13.5. The summed E-state index contributed by atoms with van der Waals surface area (Å²) in [7, 11) is 0. The molecule has 2 heteroatoms. The second-order valence-corrected chi connectivity index (χ2v) is 5.71. The number of hydrogen-bond donors (Lipinski definition) is 1. The van der Waals surface area contributed by atoms with Crippen LogP contribution in [0.5, 0.6) is 0 Å². The lowest BCUT2D eigenvalue weighted by Gasteiger charge is -2.09. The highest BCUT2D eigenvalue weighted by molar-refractivity contribution is 9.10. The van der Waals surface area contributed by atoms with E-state index in [9.17, 15) is 0 Å². The van der Waals surface area contributed by atoms with Crippen molar-refractivity contribution < 1.29 is 0 Å². The van der Waals surface area contributed by atoms with E-state index >= 15 is 0 Å². The van der Waals surface area contributed by atoms with Crippen LogP contribution in [-0.2, 0) is 6.42 Å². The molecule has 0 aliphatic carbocycles. The molecule has 0 aromatic heterocycles. The van der Waals surface area contributed by atoms with Gasteiger partial charge in [0.25, 0.3) is 0 Å². The first-order valence-corrected chi connectivity index (χ1v) is 7.59. The highest BCUT2D eigenvalue weighted by Gasteiger charge is 1.99. The molecule has 0 aliphatic heterocycles. The second-order valence-electron chi connectivity index (χ2n) is 4.85. The third kappa shape index (κ3) is 4.71. The van der Waals surface area contributed by atoms with Crippen LogP contribution in [-0.4, -0.2) is 6.54 Å². The van der Waals surface area contributed by atoms with E-state index in [0.717, 1.165) is 17.4 Å². The van der Waals surface area contributed by atoms with Crippen LogP contribution in [0.1, 0.15) is 24.0 Å². The predicted molar refractivity (Wildman–Crippen MR) is 86.7 cm³/mol. The minimum Gasteiger partial charge on any atom is -0.384 e. The fraction of sp³-hybridized carbons (Fsp3) is 0.294. The molecule has 2 aromatic carbocycles. The van der Waals surface area contributed by atoms with Crippen LogP contribution in [0.2, 0.25) is 0 Å². The lowest BCUT2D eigenvalue weighted by molar-refractivity contribution is 0.763. The molecule has 100 valence electrons. The Morgan fingerprint density at radius 1 is 1.00 bits per heavy atom. The average Bonchev–Trinajstić information content (AvgIpc) is 2.42.